The van der Waals surface area contributed by atoms with Crippen molar-refractivity contribution in [3.05, 3.63) is 41.7 Å². The number of rotatable bonds is 6. The minimum absolute atomic E-state index is 0.583. The van der Waals surface area contributed by atoms with Gasteiger partial charge in [-0.15, -0.1) is 0 Å². The summed E-state index contributed by atoms with van der Waals surface area (Å²) in [7, 11) is 0. The Morgan fingerprint density at radius 2 is 2.13 bits per heavy atom. The molecular formula is C17H22N4O2. The normalized spacial score (nSPS) is 24.9. The zero-order valence-corrected chi connectivity index (χ0v) is 13.1. The summed E-state index contributed by atoms with van der Waals surface area (Å²) in [5.74, 6) is 1.72. The highest BCUT2D eigenvalue weighted by atomic mass is 16.5. The van der Waals surface area contributed by atoms with E-state index in [0.717, 1.165) is 31.4 Å². The molecule has 1 unspecified atom stereocenters. The number of aromatic nitrogens is 3. The number of nitrogens with one attached hydrogen (secondary N) is 1. The van der Waals surface area contributed by atoms with Crippen molar-refractivity contribution in [1.82, 2.24) is 20.3 Å². The van der Waals surface area contributed by atoms with Gasteiger partial charge in [0.15, 0.2) is 0 Å². The highest BCUT2D eigenvalue weighted by molar-refractivity contribution is 5.27. The molecule has 122 valence electrons. The van der Waals surface area contributed by atoms with Crippen molar-refractivity contribution in [3.63, 3.8) is 0 Å². The van der Waals surface area contributed by atoms with E-state index in [0.29, 0.717) is 18.7 Å². The van der Waals surface area contributed by atoms with Crippen LogP contribution in [0.2, 0.25) is 0 Å². The molecule has 0 amide bonds. The lowest BCUT2D eigenvalue weighted by atomic mass is 10.00. The molecule has 1 saturated heterocycles. The Bertz CT molecular complexity index is 639. The van der Waals surface area contributed by atoms with Gasteiger partial charge in [0.05, 0.1) is 12.8 Å². The third kappa shape index (κ3) is 3.38. The minimum Gasteiger partial charge on any atom is -0.493 e. The van der Waals surface area contributed by atoms with Crippen molar-refractivity contribution < 1.29 is 9.84 Å². The summed E-state index contributed by atoms with van der Waals surface area (Å²) in [6.45, 7) is 3.10. The summed E-state index contributed by atoms with van der Waals surface area (Å²) in [4.78, 5) is 2.24. The van der Waals surface area contributed by atoms with Gasteiger partial charge in [-0.3, -0.25) is 4.90 Å². The number of benzene rings is 1. The average molecular weight is 314 g/mol. The molecule has 1 aromatic heterocycles. The van der Waals surface area contributed by atoms with Crippen LogP contribution in [0.4, 0.5) is 0 Å². The van der Waals surface area contributed by atoms with Gasteiger partial charge >= 0.3 is 0 Å². The second-order valence-electron chi connectivity index (χ2n) is 6.75. The molecule has 23 heavy (non-hydrogen) atoms. The molecular weight excluding hydrogens is 292 g/mol. The van der Waals surface area contributed by atoms with Crippen LogP contribution in [0.5, 0.6) is 5.75 Å². The number of hydrogen-bond acceptors (Lipinski definition) is 5. The molecule has 2 fully saturated rings. The fraction of sp³-hybridized carbons (Fsp3) is 0.529. The van der Waals surface area contributed by atoms with Gasteiger partial charge in [0.1, 0.15) is 17.0 Å². The first kappa shape index (κ1) is 14.7. The summed E-state index contributed by atoms with van der Waals surface area (Å²) in [5, 5.41) is 21.1. The zero-order chi connectivity index (χ0) is 15.7. The quantitative estimate of drug-likeness (QED) is 0.849. The number of nitrogens with zero attached hydrogens (tertiary/aromatic N) is 3. The SMILES string of the molecule is OC1(c2cn[nH]n2)CCN(Cc2ccc(OCC3CC3)cc2)C1. The maximum absolute atomic E-state index is 10.7. The van der Waals surface area contributed by atoms with Gasteiger partial charge in [-0.1, -0.05) is 12.1 Å². The van der Waals surface area contributed by atoms with Crippen molar-refractivity contribution in [2.24, 2.45) is 5.92 Å². The Labute approximate surface area is 135 Å². The smallest absolute Gasteiger partial charge is 0.124 e. The molecule has 6 heteroatoms. The summed E-state index contributed by atoms with van der Waals surface area (Å²) in [5.41, 5.74) is 0.970. The Hall–Kier alpha value is -1.92. The first-order valence-electron chi connectivity index (χ1n) is 8.24. The predicted octanol–water partition coefficient (Wildman–Crippen LogP) is 1.69. The summed E-state index contributed by atoms with van der Waals surface area (Å²) in [6, 6.07) is 8.29. The van der Waals surface area contributed by atoms with Crippen LogP contribution in [0.3, 0.4) is 0 Å². The molecule has 4 rings (SSSR count). The predicted molar refractivity (Wildman–Crippen MR) is 84.8 cm³/mol. The van der Waals surface area contributed by atoms with E-state index in [2.05, 4.69) is 32.4 Å². The van der Waals surface area contributed by atoms with E-state index < -0.39 is 5.60 Å². The average Bonchev–Trinajstić information content (AvgIpc) is 3.06. The molecule has 0 spiro atoms. The third-order valence-electron chi connectivity index (χ3n) is 4.73. The van der Waals surface area contributed by atoms with E-state index in [1.807, 2.05) is 12.1 Å². The van der Waals surface area contributed by atoms with Crippen molar-refractivity contribution in [3.8, 4) is 5.75 Å². The highest BCUT2D eigenvalue weighted by Crippen LogP contribution is 2.31. The van der Waals surface area contributed by atoms with Crippen LogP contribution in [-0.2, 0) is 12.1 Å². The first-order chi connectivity index (χ1) is 11.2. The number of likely N-dealkylation sites (tertiary alicyclic amines) is 1. The number of hydrogen-bond donors (Lipinski definition) is 2. The number of aliphatic hydroxyl groups is 1. The summed E-state index contributed by atoms with van der Waals surface area (Å²) in [6.07, 6.45) is 4.90. The van der Waals surface area contributed by atoms with Crippen LogP contribution >= 0.6 is 0 Å². The molecule has 6 nitrogen and oxygen atoms in total. The number of H-pyrrole nitrogens is 1. The topological polar surface area (TPSA) is 74.3 Å². The van der Waals surface area contributed by atoms with Crippen LogP contribution in [0.1, 0.15) is 30.5 Å². The molecule has 2 aliphatic rings. The monoisotopic (exact) mass is 314 g/mol. The maximum Gasteiger partial charge on any atom is 0.124 e. The number of β-amino-alcohol motifs (C(OH)–C–C–N with tert-alkyl or cyclic N) is 1. The Morgan fingerprint density at radius 3 is 2.83 bits per heavy atom. The number of aromatic amines is 1. The molecule has 2 N–H and O–H groups in total. The molecule has 1 atom stereocenters. The Morgan fingerprint density at radius 1 is 1.30 bits per heavy atom. The molecule has 1 aromatic carbocycles. The van der Waals surface area contributed by atoms with Gasteiger partial charge in [0, 0.05) is 19.6 Å². The third-order valence-corrected chi connectivity index (χ3v) is 4.73. The van der Waals surface area contributed by atoms with Crippen LogP contribution in [0.25, 0.3) is 0 Å². The van der Waals surface area contributed by atoms with Gasteiger partial charge in [-0.25, -0.2) is 0 Å². The van der Waals surface area contributed by atoms with E-state index >= 15 is 0 Å². The lowest BCUT2D eigenvalue weighted by Gasteiger charge is -2.21. The molecule has 0 radical (unpaired) electrons. The number of ether oxygens (including phenoxy) is 1. The maximum atomic E-state index is 10.7. The largest absolute Gasteiger partial charge is 0.493 e. The van der Waals surface area contributed by atoms with Gasteiger partial charge in [0.2, 0.25) is 0 Å². The fourth-order valence-electron chi connectivity index (χ4n) is 3.09. The first-order valence-corrected chi connectivity index (χ1v) is 8.24. The minimum atomic E-state index is -0.889. The standard InChI is InChI=1S/C17H22N4O2/c22-17(16-9-18-20-19-16)7-8-21(12-17)10-13-3-5-15(6-4-13)23-11-14-1-2-14/h3-6,9,14,22H,1-2,7-8,10-12H2,(H,18,19,20). The van der Waals surface area contributed by atoms with E-state index in [-0.39, 0.29) is 0 Å². The van der Waals surface area contributed by atoms with Gasteiger partial charge < -0.3 is 9.84 Å². The van der Waals surface area contributed by atoms with Gasteiger partial charge in [0.25, 0.3) is 0 Å². The van der Waals surface area contributed by atoms with Gasteiger partial charge in [-0.05, 0) is 42.9 Å². The van der Waals surface area contributed by atoms with Crippen molar-refractivity contribution in [1.29, 1.82) is 0 Å². The van der Waals surface area contributed by atoms with Crippen molar-refractivity contribution in [2.75, 3.05) is 19.7 Å². The lowest BCUT2D eigenvalue weighted by molar-refractivity contribution is 0.0409. The van der Waals surface area contributed by atoms with Crippen LogP contribution < -0.4 is 4.74 Å². The molecule has 1 aliphatic carbocycles. The van der Waals surface area contributed by atoms with E-state index in [1.165, 1.54) is 18.4 Å². The molecule has 2 heterocycles. The van der Waals surface area contributed by atoms with E-state index in [1.54, 1.807) is 6.20 Å². The van der Waals surface area contributed by atoms with Gasteiger partial charge in [-0.2, -0.15) is 15.4 Å². The Balaban J connectivity index is 1.33. The molecule has 1 aliphatic heterocycles. The molecule has 1 saturated carbocycles. The Kier molecular flexibility index (Phi) is 3.79. The van der Waals surface area contributed by atoms with Crippen LogP contribution in [0.15, 0.2) is 30.5 Å². The second kappa shape index (κ2) is 5.94. The zero-order valence-electron chi connectivity index (χ0n) is 13.1. The lowest BCUT2D eigenvalue weighted by Crippen LogP contribution is -2.31. The van der Waals surface area contributed by atoms with Crippen LogP contribution in [0, 0.1) is 5.92 Å². The summed E-state index contributed by atoms with van der Waals surface area (Å²) >= 11 is 0. The van der Waals surface area contributed by atoms with Crippen LogP contribution in [-0.4, -0.2) is 45.1 Å². The summed E-state index contributed by atoms with van der Waals surface area (Å²) < 4.78 is 5.76. The van der Waals surface area contributed by atoms with Crippen molar-refractivity contribution >= 4 is 0 Å². The second-order valence-corrected chi connectivity index (χ2v) is 6.75. The van der Waals surface area contributed by atoms with E-state index in [9.17, 15) is 5.11 Å². The highest BCUT2D eigenvalue weighted by Gasteiger charge is 2.39. The van der Waals surface area contributed by atoms with Crippen molar-refractivity contribution in [2.45, 2.75) is 31.4 Å². The molecule has 2 aromatic rings. The molecule has 0 bridgehead atoms. The van der Waals surface area contributed by atoms with E-state index in [4.69, 9.17) is 4.74 Å². The fourth-order valence-corrected chi connectivity index (χ4v) is 3.09.